The molecule has 0 radical (unpaired) electrons. The molecule has 90 valence electrons. The van der Waals surface area contributed by atoms with Gasteiger partial charge in [-0.05, 0) is 38.1 Å². The molecule has 1 aliphatic carbocycles. The smallest absolute Gasteiger partial charge is 0.00953 e. The first-order chi connectivity index (χ1) is 7.38. The molecular weight excluding hydrogens is 182 g/mol. The van der Waals surface area contributed by atoms with Crippen molar-refractivity contribution < 1.29 is 0 Å². The van der Waals surface area contributed by atoms with Gasteiger partial charge in [0.1, 0.15) is 0 Å². The van der Waals surface area contributed by atoms with Gasteiger partial charge in [-0.3, -0.25) is 0 Å². The van der Waals surface area contributed by atoms with Crippen molar-refractivity contribution in [2.75, 3.05) is 6.54 Å². The van der Waals surface area contributed by atoms with Crippen LogP contribution in [-0.2, 0) is 0 Å². The summed E-state index contributed by atoms with van der Waals surface area (Å²) in [6, 6.07) is 0.843. The van der Waals surface area contributed by atoms with Gasteiger partial charge in [-0.2, -0.15) is 0 Å². The molecule has 0 saturated heterocycles. The third kappa shape index (κ3) is 5.01. The minimum absolute atomic E-state index is 0.843. The van der Waals surface area contributed by atoms with Crippen molar-refractivity contribution in [3.05, 3.63) is 0 Å². The van der Waals surface area contributed by atoms with Crippen molar-refractivity contribution in [3.8, 4) is 0 Å². The summed E-state index contributed by atoms with van der Waals surface area (Å²) in [5.74, 6) is 1.01. The maximum atomic E-state index is 3.75. The van der Waals surface area contributed by atoms with Crippen LogP contribution in [0.15, 0.2) is 0 Å². The Hall–Kier alpha value is -0.0400. The Bertz CT molecular complexity index is 140. The highest BCUT2D eigenvalue weighted by Crippen LogP contribution is 2.31. The largest absolute Gasteiger partial charge is 0.314 e. The first-order valence-corrected chi connectivity index (χ1v) is 7.11. The van der Waals surface area contributed by atoms with Crippen molar-refractivity contribution in [3.63, 3.8) is 0 Å². The SMILES string of the molecule is CCCCCCC(NCCC)C1CCC1. The minimum atomic E-state index is 0.843. The predicted molar refractivity (Wildman–Crippen MR) is 68.2 cm³/mol. The van der Waals surface area contributed by atoms with Gasteiger partial charge in [-0.1, -0.05) is 46.0 Å². The summed E-state index contributed by atoms with van der Waals surface area (Å²) >= 11 is 0. The van der Waals surface area contributed by atoms with E-state index in [0.717, 1.165) is 12.0 Å². The van der Waals surface area contributed by atoms with E-state index in [-0.39, 0.29) is 0 Å². The molecule has 1 fully saturated rings. The molecule has 1 heteroatoms. The van der Waals surface area contributed by atoms with Crippen LogP contribution in [0.25, 0.3) is 0 Å². The lowest BCUT2D eigenvalue weighted by molar-refractivity contribution is 0.216. The summed E-state index contributed by atoms with van der Waals surface area (Å²) in [5.41, 5.74) is 0. The summed E-state index contributed by atoms with van der Waals surface area (Å²) in [5, 5.41) is 3.75. The first-order valence-electron chi connectivity index (χ1n) is 7.11. The zero-order valence-corrected chi connectivity index (χ0v) is 10.7. The second-order valence-corrected chi connectivity index (χ2v) is 5.10. The Morgan fingerprint density at radius 2 is 1.87 bits per heavy atom. The van der Waals surface area contributed by atoms with Crippen molar-refractivity contribution in [2.45, 2.75) is 77.7 Å². The fourth-order valence-corrected chi connectivity index (χ4v) is 2.47. The van der Waals surface area contributed by atoms with Gasteiger partial charge in [-0.15, -0.1) is 0 Å². The molecule has 0 aliphatic heterocycles. The number of rotatable bonds is 9. The van der Waals surface area contributed by atoms with Crippen molar-refractivity contribution >= 4 is 0 Å². The third-order valence-corrected chi connectivity index (χ3v) is 3.74. The molecule has 1 rings (SSSR count). The van der Waals surface area contributed by atoms with E-state index in [1.165, 1.54) is 64.3 Å². The number of nitrogens with one attached hydrogen (secondary N) is 1. The van der Waals surface area contributed by atoms with Crippen molar-refractivity contribution in [1.82, 2.24) is 5.32 Å². The fraction of sp³-hybridized carbons (Fsp3) is 1.00. The fourth-order valence-electron chi connectivity index (χ4n) is 2.47. The zero-order valence-electron chi connectivity index (χ0n) is 10.7. The van der Waals surface area contributed by atoms with E-state index >= 15 is 0 Å². The van der Waals surface area contributed by atoms with E-state index in [4.69, 9.17) is 0 Å². The minimum Gasteiger partial charge on any atom is -0.314 e. The van der Waals surface area contributed by atoms with Crippen LogP contribution in [0.5, 0.6) is 0 Å². The van der Waals surface area contributed by atoms with Crippen LogP contribution in [0.2, 0.25) is 0 Å². The van der Waals surface area contributed by atoms with Gasteiger partial charge in [0.15, 0.2) is 0 Å². The second kappa shape index (κ2) is 8.15. The molecule has 1 aliphatic rings. The van der Waals surface area contributed by atoms with Crippen LogP contribution < -0.4 is 5.32 Å². The van der Waals surface area contributed by atoms with Gasteiger partial charge >= 0.3 is 0 Å². The topological polar surface area (TPSA) is 12.0 Å². The molecule has 0 bridgehead atoms. The summed E-state index contributed by atoms with van der Waals surface area (Å²) in [6.45, 7) is 5.77. The maximum Gasteiger partial charge on any atom is 0.00953 e. The van der Waals surface area contributed by atoms with E-state index in [0.29, 0.717) is 0 Å². The molecule has 1 saturated carbocycles. The van der Waals surface area contributed by atoms with E-state index in [9.17, 15) is 0 Å². The highest BCUT2D eigenvalue weighted by Gasteiger charge is 2.25. The molecule has 0 aromatic rings. The van der Waals surface area contributed by atoms with Gasteiger partial charge in [-0.25, -0.2) is 0 Å². The van der Waals surface area contributed by atoms with Crippen LogP contribution in [-0.4, -0.2) is 12.6 Å². The molecule has 0 aromatic carbocycles. The lowest BCUT2D eigenvalue weighted by atomic mass is 9.78. The Labute approximate surface area is 96.0 Å². The first kappa shape index (κ1) is 13.0. The molecule has 0 spiro atoms. The number of hydrogen-bond donors (Lipinski definition) is 1. The highest BCUT2D eigenvalue weighted by molar-refractivity contribution is 4.82. The molecule has 1 unspecified atom stereocenters. The molecule has 1 nitrogen and oxygen atoms in total. The third-order valence-electron chi connectivity index (χ3n) is 3.74. The van der Waals surface area contributed by atoms with Crippen LogP contribution >= 0.6 is 0 Å². The Morgan fingerprint density at radius 3 is 2.40 bits per heavy atom. The van der Waals surface area contributed by atoms with Gasteiger partial charge in [0.05, 0.1) is 0 Å². The standard InChI is InChI=1S/C14H29N/c1-3-5-6-7-11-14(15-12-4-2)13-9-8-10-13/h13-15H,3-12H2,1-2H3. The van der Waals surface area contributed by atoms with E-state index < -0.39 is 0 Å². The molecule has 1 N–H and O–H groups in total. The average Bonchev–Trinajstić information content (AvgIpc) is 2.17. The van der Waals surface area contributed by atoms with Gasteiger partial charge in [0.2, 0.25) is 0 Å². The number of unbranched alkanes of at least 4 members (excludes halogenated alkanes) is 3. The van der Waals surface area contributed by atoms with Gasteiger partial charge in [0.25, 0.3) is 0 Å². The summed E-state index contributed by atoms with van der Waals surface area (Å²) < 4.78 is 0. The quantitative estimate of drug-likeness (QED) is 0.566. The average molecular weight is 211 g/mol. The van der Waals surface area contributed by atoms with E-state index in [2.05, 4.69) is 19.2 Å². The molecule has 0 amide bonds. The van der Waals surface area contributed by atoms with Crippen LogP contribution in [0, 0.1) is 5.92 Å². The second-order valence-electron chi connectivity index (χ2n) is 5.10. The summed E-state index contributed by atoms with van der Waals surface area (Å²) in [6.07, 6.45) is 12.8. The molecule has 15 heavy (non-hydrogen) atoms. The maximum absolute atomic E-state index is 3.75. The molecule has 0 aromatic heterocycles. The highest BCUT2D eigenvalue weighted by atomic mass is 14.9. The lowest BCUT2D eigenvalue weighted by Crippen LogP contribution is -2.39. The summed E-state index contributed by atoms with van der Waals surface area (Å²) in [4.78, 5) is 0. The van der Waals surface area contributed by atoms with Gasteiger partial charge in [0, 0.05) is 6.04 Å². The summed E-state index contributed by atoms with van der Waals surface area (Å²) in [7, 11) is 0. The van der Waals surface area contributed by atoms with E-state index in [1.54, 1.807) is 0 Å². The lowest BCUT2D eigenvalue weighted by Gasteiger charge is -2.34. The molecular formula is C14H29N. The Morgan fingerprint density at radius 1 is 1.07 bits per heavy atom. The molecule has 1 atom stereocenters. The Kier molecular flexibility index (Phi) is 7.08. The van der Waals surface area contributed by atoms with Crippen LogP contribution in [0.3, 0.4) is 0 Å². The van der Waals surface area contributed by atoms with Gasteiger partial charge < -0.3 is 5.32 Å². The number of hydrogen-bond acceptors (Lipinski definition) is 1. The predicted octanol–water partition coefficient (Wildman–Crippen LogP) is 4.13. The van der Waals surface area contributed by atoms with Crippen LogP contribution in [0.4, 0.5) is 0 Å². The van der Waals surface area contributed by atoms with Crippen molar-refractivity contribution in [1.29, 1.82) is 0 Å². The Balaban J connectivity index is 2.10. The van der Waals surface area contributed by atoms with Crippen molar-refractivity contribution in [2.24, 2.45) is 5.92 Å². The van der Waals surface area contributed by atoms with E-state index in [1.807, 2.05) is 0 Å². The monoisotopic (exact) mass is 211 g/mol. The molecule has 0 heterocycles. The zero-order chi connectivity index (χ0) is 10.9. The van der Waals surface area contributed by atoms with Crippen LogP contribution in [0.1, 0.15) is 71.6 Å². The normalized spacial score (nSPS) is 18.8.